The number of nitrogens with one attached hydrogen (secondary N) is 3. The van der Waals surface area contributed by atoms with Gasteiger partial charge in [0.1, 0.15) is 6.54 Å². The fourth-order valence-corrected chi connectivity index (χ4v) is 3.11. The molecule has 150 valence electrons. The molecule has 7 heteroatoms. The normalized spacial score (nSPS) is 12.6. The van der Waals surface area contributed by atoms with E-state index in [1.54, 1.807) is 21.1 Å². The van der Waals surface area contributed by atoms with E-state index in [-0.39, 0.29) is 5.91 Å². The van der Waals surface area contributed by atoms with Crippen molar-refractivity contribution in [1.82, 2.24) is 10.6 Å². The highest BCUT2D eigenvalue weighted by atomic mass is 16.5. The zero-order valence-corrected chi connectivity index (χ0v) is 16.7. The summed E-state index contributed by atoms with van der Waals surface area (Å²) in [7, 11) is 5.10. The van der Waals surface area contributed by atoms with Gasteiger partial charge in [-0.2, -0.15) is 0 Å². The lowest BCUT2D eigenvalue weighted by atomic mass is 10.0. The number of hydrogen-bond donors (Lipinski definition) is 3. The highest BCUT2D eigenvalue weighted by Gasteiger charge is 2.30. The van der Waals surface area contributed by atoms with Crippen molar-refractivity contribution in [1.29, 1.82) is 0 Å². The summed E-state index contributed by atoms with van der Waals surface area (Å²) in [5.74, 6) is 0.934. The molecule has 1 unspecified atom stereocenters. The Kier molecular flexibility index (Phi) is 7.83. The maximum Gasteiger partial charge on any atom is 0.321 e. The van der Waals surface area contributed by atoms with Gasteiger partial charge in [0.25, 0.3) is 5.91 Å². The monoisotopic (exact) mass is 386 g/mol. The number of methoxy groups -OCH3 is 2. The summed E-state index contributed by atoms with van der Waals surface area (Å²) < 4.78 is 10.6. The van der Waals surface area contributed by atoms with Crippen LogP contribution < -0.4 is 25.0 Å². The SMILES string of the molecule is CCNC(=O)NC(=O)[C@H](c1ccccc1)[NH+](C)Cc1ccc(OC)c(OC)c1. The first-order valence-corrected chi connectivity index (χ1v) is 9.17. The van der Waals surface area contributed by atoms with E-state index in [1.165, 1.54) is 0 Å². The molecular weight excluding hydrogens is 358 g/mol. The van der Waals surface area contributed by atoms with E-state index in [2.05, 4.69) is 10.6 Å². The van der Waals surface area contributed by atoms with Crippen LogP contribution in [-0.2, 0) is 11.3 Å². The molecule has 0 aromatic heterocycles. The first-order valence-electron chi connectivity index (χ1n) is 9.17. The van der Waals surface area contributed by atoms with E-state index in [9.17, 15) is 9.59 Å². The van der Waals surface area contributed by atoms with Crippen LogP contribution in [0.1, 0.15) is 24.1 Å². The molecule has 28 heavy (non-hydrogen) atoms. The summed E-state index contributed by atoms with van der Waals surface area (Å²) in [5, 5.41) is 5.02. The Morgan fingerprint density at radius 3 is 2.32 bits per heavy atom. The molecule has 0 radical (unpaired) electrons. The minimum absolute atomic E-state index is 0.352. The quantitative estimate of drug-likeness (QED) is 0.639. The topological polar surface area (TPSA) is 81.1 Å². The molecule has 3 amide bonds. The van der Waals surface area contributed by atoms with Crippen molar-refractivity contribution in [3.8, 4) is 11.5 Å². The number of rotatable bonds is 8. The molecule has 0 aliphatic carbocycles. The second kappa shape index (κ2) is 10.3. The van der Waals surface area contributed by atoms with Gasteiger partial charge in [-0.1, -0.05) is 30.3 Å². The van der Waals surface area contributed by atoms with Crippen LogP contribution in [0.3, 0.4) is 0 Å². The summed E-state index contributed by atoms with van der Waals surface area (Å²) in [5.41, 5.74) is 1.82. The molecule has 0 saturated carbocycles. The van der Waals surface area contributed by atoms with Crippen LogP contribution in [0.2, 0.25) is 0 Å². The average molecular weight is 386 g/mol. The van der Waals surface area contributed by atoms with Crippen LogP contribution in [-0.4, -0.2) is 39.8 Å². The number of benzene rings is 2. The van der Waals surface area contributed by atoms with Crippen molar-refractivity contribution < 1.29 is 24.0 Å². The molecule has 0 aliphatic heterocycles. The van der Waals surface area contributed by atoms with Gasteiger partial charge < -0.3 is 19.7 Å². The summed E-state index contributed by atoms with van der Waals surface area (Å²) >= 11 is 0. The predicted molar refractivity (Wildman–Crippen MR) is 107 cm³/mol. The number of carbonyl (C=O) groups excluding carboxylic acids is 2. The predicted octanol–water partition coefficient (Wildman–Crippen LogP) is 1.31. The minimum atomic E-state index is -0.545. The minimum Gasteiger partial charge on any atom is -0.493 e. The lowest BCUT2D eigenvalue weighted by Gasteiger charge is -2.24. The number of hydrogen-bond acceptors (Lipinski definition) is 4. The zero-order chi connectivity index (χ0) is 20.5. The van der Waals surface area contributed by atoms with Crippen LogP contribution in [0.4, 0.5) is 4.79 Å². The molecule has 0 bridgehead atoms. The first-order chi connectivity index (χ1) is 13.5. The van der Waals surface area contributed by atoms with Crippen molar-refractivity contribution in [3.63, 3.8) is 0 Å². The Balaban J connectivity index is 2.25. The number of carbonyl (C=O) groups is 2. The van der Waals surface area contributed by atoms with Gasteiger partial charge in [0.15, 0.2) is 17.5 Å². The fourth-order valence-electron chi connectivity index (χ4n) is 3.11. The molecule has 3 N–H and O–H groups in total. The van der Waals surface area contributed by atoms with Crippen molar-refractivity contribution >= 4 is 11.9 Å². The molecule has 2 rings (SSSR count). The van der Waals surface area contributed by atoms with Gasteiger partial charge in [-0.25, -0.2) is 4.79 Å². The standard InChI is InChI=1S/C21H27N3O4/c1-5-22-21(26)23-20(25)19(16-9-7-6-8-10-16)24(2)14-15-11-12-17(27-3)18(13-15)28-4/h6-13,19H,5,14H2,1-4H3,(H2,22,23,25,26)/p+1/t19-/m0/s1. The summed E-state index contributed by atoms with van der Waals surface area (Å²) in [6.07, 6.45) is 0. The van der Waals surface area contributed by atoms with Gasteiger partial charge >= 0.3 is 6.03 Å². The molecule has 0 spiro atoms. The van der Waals surface area contributed by atoms with Gasteiger partial charge in [-0.3, -0.25) is 10.1 Å². The third kappa shape index (κ3) is 5.47. The lowest BCUT2D eigenvalue weighted by Crippen LogP contribution is -3.09. The Morgan fingerprint density at radius 2 is 1.71 bits per heavy atom. The second-order valence-corrected chi connectivity index (χ2v) is 6.40. The molecule has 2 aromatic rings. The largest absolute Gasteiger partial charge is 0.493 e. The van der Waals surface area contributed by atoms with Crippen molar-refractivity contribution in [2.45, 2.75) is 19.5 Å². The highest BCUT2D eigenvalue weighted by molar-refractivity contribution is 5.96. The summed E-state index contributed by atoms with van der Waals surface area (Å²) in [6.45, 7) is 2.80. The van der Waals surface area contributed by atoms with E-state index < -0.39 is 12.1 Å². The Labute approximate surface area is 165 Å². The fraction of sp³-hybridized carbons (Fsp3) is 0.333. The van der Waals surface area contributed by atoms with Gasteiger partial charge in [0.05, 0.1) is 21.3 Å². The first kappa shape index (κ1) is 21.2. The van der Waals surface area contributed by atoms with Gasteiger partial charge in [0.2, 0.25) is 0 Å². The van der Waals surface area contributed by atoms with Crippen LogP contribution in [0.5, 0.6) is 11.5 Å². The number of urea groups is 1. The molecule has 7 nitrogen and oxygen atoms in total. The Morgan fingerprint density at radius 1 is 1.04 bits per heavy atom. The second-order valence-electron chi connectivity index (χ2n) is 6.40. The van der Waals surface area contributed by atoms with Gasteiger partial charge in [-0.05, 0) is 25.1 Å². The van der Waals surface area contributed by atoms with Gasteiger partial charge in [-0.15, -0.1) is 0 Å². The van der Waals surface area contributed by atoms with Crippen LogP contribution in [0.15, 0.2) is 48.5 Å². The highest BCUT2D eigenvalue weighted by Crippen LogP contribution is 2.27. The summed E-state index contributed by atoms with van der Waals surface area (Å²) in [4.78, 5) is 25.6. The number of imide groups is 1. The van der Waals surface area contributed by atoms with E-state index in [0.717, 1.165) is 16.0 Å². The lowest BCUT2D eigenvalue weighted by molar-refractivity contribution is -0.916. The van der Waals surface area contributed by atoms with Crippen molar-refractivity contribution in [2.24, 2.45) is 0 Å². The molecule has 0 saturated heterocycles. The molecule has 0 aliphatic rings. The maximum atomic E-state index is 12.8. The van der Waals surface area contributed by atoms with Gasteiger partial charge in [0, 0.05) is 17.7 Å². The average Bonchev–Trinajstić information content (AvgIpc) is 2.69. The van der Waals surface area contributed by atoms with E-state index in [4.69, 9.17) is 9.47 Å². The summed E-state index contributed by atoms with van der Waals surface area (Å²) in [6, 6.07) is 14.1. The van der Waals surface area contributed by atoms with E-state index in [1.807, 2.05) is 55.6 Å². The van der Waals surface area contributed by atoms with Crippen LogP contribution in [0.25, 0.3) is 0 Å². The third-order valence-corrected chi connectivity index (χ3v) is 4.39. The van der Waals surface area contributed by atoms with Crippen molar-refractivity contribution in [2.75, 3.05) is 27.8 Å². The zero-order valence-electron chi connectivity index (χ0n) is 16.7. The molecule has 0 fully saturated rings. The van der Waals surface area contributed by atoms with Crippen LogP contribution >= 0.6 is 0 Å². The Bertz CT molecular complexity index is 795. The molecule has 2 atom stereocenters. The molecule has 2 aromatic carbocycles. The van der Waals surface area contributed by atoms with Crippen molar-refractivity contribution in [3.05, 3.63) is 59.7 Å². The maximum absolute atomic E-state index is 12.8. The van der Waals surface area contributed by atoms with Crippen LogP contribution in [0, 0.1) is 0 Å². The smallest absolute Gasteiger partial charge is 0.321 e. The Hall–Kier alpha value is -3.06. The third-order valence-electron chi connectivity index (χ3n) is 4.39. The molecule has 0 heterocycles. The van der Waals surface area contributed by atoms with E-state index >= 15 is 0 Å². The molecular formula is C21H28N3O4+. The van der Waals surface area contributed by atoms with E-state index in [0.29, 0.717) is 24.6 Å². The number of amides is 3. The number of quaternary nitrogens is 1. The number of likely N-dealkylation sites (N-methyl/N-ethyl adjacent to an activating group) is 1. The number of ether oxygens (including phenoxy) is 2.